The molecule has 1 amide bonds. The first kappa shape index (κ1) is 45.8. The quantitative estimate of drug-likeness (QED) is 0.141. The molecule has 9 aromatic rings. The van der Waals surface area contributed by atoms with Gasteiger partial charge in [0.2, 0.25) is 0 Å². The second-order valence-electron chi connectivity index (χ2n) is 19.8. The number of carbonyl (C=O) groups excluding carboxylic acids is 1. The van der Waals surface area contributed by atoms with Gasteiger partial charge in [0.1, 0.15) is 0 Å². The molecule has 354 valence electrons. The van der Waals surface area contributed by atoms with Crippen molar-refractivity contribution in [2.75, 3.05) is 5.32 Å². The minimum Gasteiger partial charge on any atom is -0.354 e. The molecule has 8 nitrogen and oxygen atoms in total. The number of nitrogens with one attached hydrogen (secondary N) is 3. The summed E-state index contributed by atoms with van der Waals surface area (Å²) in [5.74, 6) is -0.207. The molecular weight excluding hydrogens is 883 g/mol. The van der Waals surface area contributed by atoms with E-state index in [1.807, 2.05) is 53.2 Å². The van der Waals surface area contributed by atoms with Gasteiger partial charge < -0.3 is 19.9 Å². The number of benzene rings is 5. The molecule has 5 aromatic carbocycles. The Morgan fingerprint density at radius 1 is 0.486 bits per heavy atom. The van der Waals surface area contributed by atoms with Crippen molar-refractivity contribution in [2.24, 2.45) is 0 Å². The molecule has 2 aliphatic rings. The van der Waals surface area contributed by atoms with Crippen molar-refractivity contribution in [3.05, 3.63) is 212 Å². The first-order valence-electron chi connectivity index (χ1n) is 24.6. The molecular formula is C64H57N7O. The summed E-state index contributed by atoms with van der Waals surface area (Å²) in [6.45, 7) is 20.2. The zero-order chi connectivity index (χ0) is 49.9. The van der Waals surface area contributed by atoms with E-state index in [0.29, 0.717) is 17.8 Å². The van der Waals surface area contributed by atoms with Gasteiger partial charge in [0, 0.05) is 80.1 Å². The molecule has 0 fully saturated rings. The average Bonchev–Trinajstić information content (AvgIpc) is 4.21. The third-order valence-corrected chi connectivity index (χ3v) is 14.1. The third-order valence-electron chi connectivity index (χ3n) is 14.1. The third kappa shape index (κ3) is 8.38. The lowest BCUT2D eigenvalue weighted by Crippen LogP contribution is -2.13. The predicted octanol–water partition coefficient (Wildman–Crippen LogP) is 15.6. The number of imidazole rings is 1. The molecule has 6 heterocycles. The lowest BCUT2D eigenvalue weighted by atomic mass is 9.92. The molecule has 72 heavy (non-hydrogen) atoms. The number of fused-ring (bicyclic) bond motifs is 8. The maximum Gasteiger partial charge on any atom is 0.255 e. The Balaban J connectivity index is 1.24. The molecule has 0 aliphatic carbocycles. The number of carbonyl (C=O) groups is 1. The van der Waals surface area contributed by atoms with Crippen LogP contribution in [0.3, 0.4) is 0 Å². The van der Waals surface area contributed by atoms with Crippen molar-refractivity contribution < 1.29 is 4.79 Å². The van der Waals surface area contributed by atoms with Crippen molar-refractivity contribution in [1.29, 1.82) is 0 Å². The summed E-state index contributed by atoms with van der Waals surface area (Å²) in [6.07, 6.45) is 14.1. The zero-order valence-electron chi connectivity index (χ0n) is 42.3. The molecule has 3 N–H and O–H groups in total. The van der Waals surface area contributed by atoms with Crippen LogP contribution in [0.1, 0.15) is 88.8 Å². The van der Waals surface area contributed by atoms with Crippen molar-refractivity contribution in [2.45, 2.75) is 68.9 Å². The smallest absolute Gasteiger partial charge is 0.255 e. The van der Waals surface area contributed by atoms with Crippen molar-refractivity contribution in [1.82, 2.24) is 29.5 Å². The van der Waals surface area contributed by atoms with E-state index >= 15 is 0 Å². The number of aromatic nitrogens is 6. The summed E-state index contributed by atoms with van der Waals surface area (Å²) in [7, 11) is 0. The highest BCUT2D eigenvalue weighted by molar-refractivity contribution is 6.08. The van der Waals surface area contributed by atoms with Crippen LogP contribution in [-0.4, -0.2) is 35.4 Å². The van der Waals surface area contributed by atoms with Gasteiger partial charge in [-0.3, -0.25) is 4.79 Å². The van der Waals surface area contributed by atoms with E-state index in [2.05, 4.69) is 174 Å². The van der Waals surface area contributed by atoms with E-state index in [1.54, 1.807) is 12.5 Å². The fraction of sp³-hybridized carbons (Fsp3) is 0.156. The van der Waals surface area contributed by atoms with Gasteiger partial charge in [0.15, 0.2) is 0 Å². The molecule has 0 atom stereocenters. The van der Waals surface area contributed by atoms with Crippen LogP contribution in [0.5, 0.6) is 0 Å². The fourth-order valence-electron chi connectivity index (χ4n) is 11.4. The second-order valence-corrected chi connectivity index (χ2v) is 19.8. The standard InChI is InChI=1S/C64H57N7O/c1-36-27-39(4)57(40(5)28-36)61-51-19-17-49(66-51)60(47-15-10-11-16-48(47)70-64(72)46-14-12-13-45(33-46)34-71-26-25-65-35-71)50-18-20-52(67-50)62(58-41(6)29-37(2)30-42(58)7)54-22-24-56(69-54)63(55-23-21-53(61)68-55)59-43(8)31-38(3)32-44(59)9/h10-33,35,66,69H,34H2,1-9H3,(H,70,72). The summed E-state index contributed by atoms with van der Waals surface area (Å²) in [4.78, 5) is 37.8. The summed E-state index contributed by atoms with van der Waals surface area (Å²) >= 11 is 0. The molecule has 4 aromatic heterocycles. The lowest BCUT2D eigenvalue weighted by Gasteiger charge is -2.15. The van der Waals surface area contributed by atoms with Crippen LogP contribution in [-0.2, 0) is 6.54 Å². The maximum absolute atomic E-state index is 14.4. The number of aryl methyl sites for hydroxylation is 9. The molecule has 0 spiro atoms. The van der Waals surface area contributed by atoms with Crippen LogP contribution in [0.2, 0.25) is 0 Å². The van der Waals surface area contributed by atoms with Gasteiger partial charge >= 0.3 is 0 Å². The monoisotopic (exact) mass is 939 g/mol. The van der Waals surface area contributed by atoms with Gasteiger partial charge in [-0.25, -0.2) is 15.0 Å². The Hall–Kier alpha value is -8.62. The largest absolute Gasteiger partial charge is 0.354 e. The van der Waals surface area contributed by atoms with E-state index in [1.165, 1.54) is 50.1 Å². The fourth-order valence-corrected chi connectivity index (χ4v) is 11.4. The number of para-hydroxylation sites is 1. The number of rotatable bonds is 8. The molecule has 0 saturated heterocycles. The van der Waals surface area contributed by atoms with Crippen LogP contribution in [0.25, 0.3) is 90.9 Å². The second kappa shape index (κ2) is 18.3. The molecule has 0 radical (unpaired) electrons. The number of nitrogens with zero attached hydrogens (tertiary/aromatic N) is 4. The highest BCUT2D eigenvalue weighted by atomic mass is 16.1. The number of aromatic amines is 2. The Morgan fingerprint density at radius 3 is 1.36 bits per heavy atom. The number of amides is 1. The van der Waals surface area contributed by atoms with E-state index in [0.717, 1.165) is 94.9 Å². The molecule has 0 unspecified atom stereocenters. The van der Waals surface area contributed by atoms with Crippen molar-refractivity contribution >= 4 is 58.0 Å². The van der Waals surface area contributed by atoms with Gasteiger partial charge in [-0.1, -0.05) is 83.4 Å². The molecule has 8 bridgehead atoms. The van der Waals surface area contributed by atoms with Crippen LogP contribution in [0.15, 0.2) is 128 Å². The van der Waals surface area contributed by atoms with Gasteiger partial charge in [-0.05, 0) is 185 Å². The molecule has 8 heteroatoms. The van der Waals surface area contributed by atoms with Gasteiger partial charge in [-0.2, -0.15) is 0 Å². The van der Waals surface area contributed by atoms with Crippen LogP contribution in [0, 0.1) is 62.3 Å². The van der Waals surface area contributed by atoms with Gasteiger partial charge in [0.05, 0.1) is 29.1 Å². The van der Waals surface area contributed by atoms with Crippen molar-refractivity contribution in [3.8, 4) is 44.5 Å². The summed E-state index contributed by atoms with van der Waals surface area (Å²) in [5.41, 5.74) is 28.1. The zero-order valence-corrected chi connectivity index (χ0v) is 42.3. The number of hydrogen-bond acceptors (Lipinski definition) is 4. The van der Waals surface area contributed by atoms with E-state index in [4.69, 9.17) is 9.97 Å². The summed E-state index contributed by atoms with van der Waals surface area (Å²) < 4.78 is 1.99. The Bertz CT molecular complexity index is 3810. The number of hydrogen-bond donors (Lipinski definition) is 3. The molecule has 0 saturated carbocycles. The molecule has 11 rings (SSSR count). The average molecular weight is 940 g/mol. The topological polar surface area (TPSA) is 104 Å². The maximum atomic E-state index is 14.4. The minimum absolute atomic E-state index is 0.207. The van der Waals surface area contributed by atoms with Crippen LogP contribution in [0.4, 0.5) is 5.69 Å². The lowest BCUT2D eigenvalue weighted by molar-refractivity contribution is 0.102. The SMILES string of the molecule is Cc1cc(C)c(-c2c3nc(c(-c4c(C)cc(C)cc4C)c4ccc([nH]4)c(-c4c(C)cc(C)cc4C)c4nc(c(-c5ccccc5NC(=O)c5cccc(Cn6ccnc6)c5)c5ccc2[nH]5)C=C4)C=C3)c(C)c1. The van der Waals surface area contributed by atoms with E-state index in [-0.39, 0.29) is 5.91 Å². The Kier molecular flexibility index (Phi) is 11.6. The summed E-state index contributed by atoms with van der Waals surface area (Å²) in [6, 6.07) is 38.0. The number of anilines is 1. The highest BCUT2D eigenvalue weighted by Crippen LogP contribution is 2.43. The normalized spacial score (nSPS) is 12.0. The van der Waals surface area contributed by atoms with Crippen LogP contribution < -0.4 is 5.32 Å². The summed E-state index contributed by atoms with van der Waals surface area (Å²) in [5, 5.41) is 3.32. The Morgan fingerprint density at radius 2 is 0.917 bits per heavy atom. The minimum atomic E-state index is -0.207. The van der Waals surface area contributed by atoms with Crippen LogP contribution >= 0.6 is 0 Å². The predicted molar refractivity (Wildman–Crippen MR) is 299 cm³/mol. The highest BCUT2D eigenvalue weighted by Gasteiger charge is 2.24. The van der Waals surface area contributed by atoms with Gasteiger partial charge in [-0.15, -0.1) is 0 Å². The Labute approximate surface area is 421 Å². The van der Waals surface area contributed by atoms with Gasteiger partial charge in [0.25, 0.3) is 5.91 Å². The first-order valence-corrected chi connectivity index (χ1v) is 24.6. The number of H-pyrrole nitrogens is 2. The van der Waals surface area contributed by atoms with E-state index in [9.17, 15) is 4.79 Å². The molecule has 2 aliphatic heterocycles. The van der Waals surface area contributed by atoms with E-state index < -0.39 is 0 Å². The van der Waals surface area contributed by atoms with Crippen molar-refractivity contribution in [3.63, 3.8) is 0 Å². The first-order chi connectivity index (χ1) is 34.8.